The number of nitrogens with zero attached hydrogens (tertiary/aromatic N) is 1. The maximum absolute atomic E-state index is 12.2. The van der Waals surface area contributed by atoms with Crippen molar-refractivity contribution in [2.45, 2.75) is 34.1 Å². The lowest BCUT2D eigenvalue weighted by atomic mass is 9.92. The van der Waals surface area contributed by atoms with E-state index in [0.29, 0.717) is 30.5 Å². The van der Waals surface area contributed by atoms with Gasteiger partial charge in [0.1, 0.15) is 6.54 Å². The molecule has 0 aliphatic carbocycles. The largest absolute Gasteiger partial charge is 0.454 e. The molecule has 0 unspecified atom stereocenters. The molecule has 2 atom stereocenters. The molecule has 0 bridgehead atoms. The molecule has 1 heterocycles. The number of carbonyl (C=O) groups excluding carboxylic acids is 3. The van der Waals surface area contributed by atoms with E-state index >= 15 is 0 Å². The Morgan fingerprint density at radius 3 is 2.38 bits per heavy atom. The third-order valence-corrected chi connectivity index (χ3v) is 4.74. The molecule has 0 aromatic heterocycles. The second-order valence-electron chi connectivity index (χ2n) is 7.39. The number of carbonyl (C=O) groups is 3. The van der Waals surface area contributed by atoms with Crippen LogP contribution in [0.1, 0.15) is 41.8 Å². The topological polar surface area (TPSA) is 75.7 Å². The van der Waals surface area contributed by atoms with E-state index in [1.54, 1.807) is 17.0 Å². The van der Waals surface area contributed by atoms with Crippen molar-refractivity contribution in [3.63, 3.8) is 0 Å². The highest BCUT2D eigenvalue weighted by Gasteiger charge is 2.25. The summed E-state index contributed by atoms with van der Waals surface area (Å²) in [7, 11) is 0. The van der Waals surface area contributed by atoms with Crippen LogP contribution in [0.5, 0.6) is 0 Å². The number of amides is 2. The van der Waals surface area contributed by atoms with Crippen LogP contribution >= 0.6 is 0 Å². The molecular formula is C20H28N2O4. The molecule has 0 spiro atoms. The van der Waals surface area contributed by atoms with E-state index < -0.39 is 5.97 Å². The fourth-order valence-corrected chi connectivity index (χ4v) is 3.29. The summed E-state index contributed by atoms with van der Waals surface area (Å²) in [4.78, 5) is 37.8. The van der Waals surface area contributed by atoms with Crippen LogP contribution in [-0.4, -0.2) is 48.9 Å². The number of rotatable bonds is 5. The summed E-state index contributed by atoms with van der Waals surface area (Å²) in [6, 6.07) is 5.35. The summed E-state index contributed by atoms with van der Waals surface area (Å²) >= 11 is 0. The molecule has 142 valence electrons. The first-order valence-corrected chi connectivity index (χ1v) is 9.05. The van der Waals surface area contributed by atoms with E-state index in [1.165, 1.54) is 0 Å². The Labute approximate surface area is 154 Å². The van der Waals surface area contributed by atoms with Crippen molar-refractivity contribution in [2.24, 2.45) is 11.8 Å². The van der Waals surface area contributed by atoms with Gasteiger partial charge in [-0.2, -0.15) is 0 Å². The number of likely N-dealkylation sites (tertiary alicyclic amines) is 1. The van der Waals surface area contributed by atoms with Gasteiger partial charge in [-0.25, -0.2) is 0 Å². The van der Waals surface area contributed by atoms with Gasteiger partial charge in [-0.3, -0.25) is 14.4 Å². The lowest BCUT2D eigenvalue weighted by Gasteiger charge is -2.34. The first-order valence-electron chi connectivity index (χ1n) is 9.05. The minimum atomic E-state index is -0.617. The second-order valence-corrected chi connectivity index (χ2v) is 7.39. The molecule has 1 saturated heterocycles. The van der Waals surface area contributed by atoms with Crippen molar-refractivity contribution in [1.82, 2.24) is 10.2 Å². The highest BCUT2D eigenvalue weighted by Crippen LogP contribution is 2.20. The third kappa shape index (κ3) is 5.58. The van der Waals surface area contributed by atoms with Crippen LogP contribution < -0.4 is 5.32 Å². The summed E-state index contributed by atoms with van der Waals surface area (Å²) in [5.41, 5.74) is 2.60. The van der Waals surface area contributed by atoms with Crippen molar-refractivity contribution in [1.29, 1.82) is 0 Å². The average Bonchev–Trinajstić information content (AvgIpc) is 2.59. The molecule has 0 radical (unpaired) electrons. The average molecular weight is 360 g/mol. The molecule has 2 rings (SSSR count). The molecule has 1 aromatic carbocycles. The molecule has 1 N–H and O–H groups in total. The molecule has 6 heteroatoms. The van der Waals surface area contributed by atoms with Crippen molar-refractivity contribution >= 4 is 17.8 Å². The lowest BCUT2D eigenvalue weighted by Crippen LogP contribution is -2.44. The Balaban J connectivity index is 1.75. The van der Waals surface area contributed by atoms with Crippen LogP contribution in [0.25, 0.3) is 0 Å². The van der Waals surface area contributed by atoms with Crippen LogP contribution in [0.15, 0.2) is 18.2 Å². The Hall–Kier alpha value is -2.37. The van der Waals surface area contributed by atoms with Gasteiger partial charge in [0.05, 0.1) is 0 Å². The number of piperidine rings is 1. The molecule has 1 aliphatic heterocycles. The molecule has 2 amide bonds. The summed E-state index contributed by atoms with van der Waals surface area (Å²) < 4.78 is 5.01. The maximum Gasteiger partial charge on any atom is 0.325 e. The van der Waals surface area contributed by atoms with Crippen molar-refractivity contribution in [2.75, 3.05) is 26.2 Å². The molecule has 1 fully saturated rings. The number of nitrogens with one attached hydrogen (secondary N) is 1. The third-order valence-electron chi connectivity index (χ3n) is 4.74. The standard InChI is InChI=1S/C20H28N2O4/c1-13-7-14(2)11-22(10-13)18(23)12-26-19(24)9-21-20(25)17-6-5-15(3)16(4)8-17/h5-6,8,13-14H,7,9-12H2,1-4H3,(H,21,25)/t13-,14-/m1/s1. The fourth-order valence-electron chi connectivity index (χ4n) is 3.29. The van der Waals surface area contributed by atoms with Gasteiger partial charge in [0.25, 0.3) is 11.8 Å². The Morgan fingerprint density at radius 2 is 1.77 bits per heavy atom. The van der Waals surface area contributed by atoms with Crippen LogP contribution in [-0.2, 0) is 14.3 Å². The monoisotopic (exact) mass is 360 g/mol. The quantitative estimate of drug-likeness (QED) is 0.816. The van der Waals surface area contributed by atoms with Gasteiger partial charge in [-0.05, 0) is 55.4 Å². The first-order chi connectivity index (χ1) is 12.3. The summed E-state index contributed by atoms with van der Waals surface area (Å²) in [6.45, 7) is 8.98. The van der Waals surface area contributed by atoms with Gasteiger partial charge in [-0.1, -0.05) is 19.9 Å². The summed E-state index contributed by atoms with van der Waals surface area (Å²) in [5, 5.41) is 2.52. The fraction of sp³-hybridized carbons (Fsp3) is 0.550. The number of benzene rings is 1. The molecule has 6 nitrogen and oxygen atoms in total. The van der Waals surface area contributed by atoms with Crippen LogP contribution in [0, 0.1) is 25.7 Å². The van der Waals surface area contributed by atoms with E-state index in [1.807, 2.05) is 19.9 Å². The van der Waals surface area contributed by atoms with Crippen molar-refractivity contribution < 1.29 is 19.1 Å². The SMILES string of the molecule is Cc1ccc(C(=O)NCC(=O)OCC(=O)N2C[C@H](C)C[C@@H](C)C2)cc1C. The predicted molar refractivity (Wildman–Crippen MR) is 98.7 cm³/mol. The minimum absolute atomic E-state index is 0.183. The number of hydrogen-bond donors (Lipinski definition) is 1. The van der Waals surface area contributed by atoms with Gasteiger partial charge in [0.15, 0.2) is 6.61 Å². The number of ether oxygens (including phenoxy) is 1. The number of esters is 1. The summed E-state index contributed by atoms with van der Waals surface area (Å²) in [5.74, 6) is -0.229. The minimum Gasteiger partial charge on any atom is -0.454 e. The molecule has 1 aliphatic rings. The van der Waals surface area contributed by atoms with Crippen molar-refractivity contribution in [3.05, 3.63) is 34.9 Å². The highest BCUT2D eigenvalue weighted by molar-refractivity contribution is 5.96. The molecule has 0 saturated carbocycles. The van der Waals surface area contributed by atoms with Gasteiger partial charge < -0.3 is 15.0 Å². The van der Waals surface area contributed by atoms with E-state index in [-0.39, 0.29) is 25.0 Å². The Bertz CT molecular complexity index is 676. The smallest absolute Gasteiger partial charge is 0.325 e. The van der Waals surface area contributed by atoms with Crippen molar-refractivity contribution in [3.8, 4) is 0 Å². The van der Waals surface area contributed by atoms with E-state index in [0.717, 1.165) is 17.5 Å². The normalized spacial score (nSPS) is 19.8. The lowest BCUT2D eigenvalue weighted by molar-refractivity contribution is -0.152. The maximum atomic E-state index is 12.2. The Kier molecular flexibility index (Phi) is 6.77. The van der Waals surface area contributed by atoms with Crippen LogP contribution in [0.2, 0.25) is 0 Å². The predicted octanol–water partition coefficient (Wildman–Crippen LogP) is 2.08. The zero-order valence-corrected chi connectivity index (χ0v) is 16.0. The Morgan fingerprint density at radius 1 is 1.12 bits per heavy atom. The van der Waals surface area contributed by atoms with Gasteiger partial charge in [0, 0.05) is 18.7 Å². The molecule has 1 aromatic rings. The van der Waals surface area contributed by atoms with E-state index in [4.69, 9.17) is 4.74 Å². The zero-order chi connectivity index (χ0) is 19.3. The number of aryl methyl sites for hydroxylation is 2. The van der Waals surface area contributed by atoms with Crippen LogP contribution in [0.4, 0.5) is 0 Å². The zero-order valence-electron chi connectivity index (χ0n) is 16.0. The van der Waals surface area contributed by atoms with Gasteiger partial charge in [-0.15, -0.1) is 0 Å². The highest BCUT2D eigenvalue weighted by atomic mass is 16.5. The second kappa shape index (κ2) is 8.83. The van der Waals surface area contributed by atoms with Gasteiger partial charge >= 0.3 is 5.97 Å². The molecule has 26 heavy (non-hydrogen) atoms. The van der Waals surface area contributed by atoms with E-state index in [9.17, 15) is 14.4 Å². The van der Waals surface area contributed by atoms with Gasteiger partial charge in [0.2, 0.25) is 0 Å². The van der Waals surface area contributed by atoms with E-state index in [2.05, 4.69) is 19.2 Å². The number of hydrogen-bond acceptors (Lipinski definition) is 4. The molecular weight excluding hydrogens is 332 g/mol. The van der Waals surface area contributed by atoms with Crippen LogP contribution in [0.3, 0.4) is 0 Å². The summed E-state index contributed by atoms with van der Waals surface area (Å²) in [6.07, 6.45) is 1.11. The first kappa shape index (κ1) is 19.9.